The number of hydrogen-bond acceptors (Lipinski definition) is 2. The van der Waals surface area contributed by atoms with Crippen LogP contribution in [0, 0.1) is 0 Å². The third-order valence-corrected chi connectivity index (χ3v) is 3.66. The van der Waals surface area contributed by atoms with E-state index in [0.717, 1.165) is 29.4 Å². The Labute approximate surface area is 115 Å². The molecule has 2 aromatic rings. The van der Waals surface area contributed by atoms with Crippen molar-refractivity contribution in [2.75, 3.05) is 0 Å². The van der Waals surface area contributed by atoms with E-state index in [1.807, 2.05) is 18.5 Å². The highest BCUT2D eigenvalue weighted by atomic mass is 79.9. The summed E-state index contributed by atoms with van der Waals surface area (Å²) in [5, 5.41) is 3.50. The maximum absolute atomic E-state index is 4.42. The van der Waals surface area contributed by atoms with Crippen LogP contribution >= 0.6 is 15.9 Å². The van der Waals surface area contributed by atoms with E-state index in [2.05, 4.69) is 49.0 Å². The largest absolute Gasteiger partial charge is 0.329 e. The van der Waals surface area contributed by atoms with Gasteiger partial charge in [0.05, 0.1) is 6.54 Å². The van der Waals surface area contributed by atoms with Crippen molar-refractivity contribution in [2.24, 2.45) is 0 Å². The lowest BCUT2D eigenvalue weighted by molar-refractivity contribution is 0.618. The van der Waals surface area contributed by atoms with Gasteiger partial charge >= 0.3 is 0 Å². The average molecular weight is 306 g/mol. The van der Waals surface area contributed by atoms with Gasteiger partial charge in [-0.15, -0.1) is 0 Å². The number of nitrogens with one attached hydrogen (secondary N) is 1. The summed E-state index contributed by atoms with van der Waals surface area (Å²) in [5.74, 6) is 1.11. The minimum Gasteiger partial charge on any atom is -0.329 e. The molecular weight excluding hydrogens is 290 g/mol. The lowest BCUT2D eigenvalue weighted by atomic mass is 10.2. The van der Waals surface area contributed by atoms with Gasteiger partial charge in [-0.1, -0.05) is 28.1 Å². The second-order valence-corrected chi connectivity index (χ2v) is 5.67. The van der Waals surface area contributed by atoms with Gasteiger partial charge < -0.3 is 9.88 Å². The molecule has 0 amide bonds. The summed E-state index contributed by atoms with van der Waals surface area (Å²) in [7, 11) is 0. The fraction of sp³-hybridized carbons (Fsp3) is 0.357. The van der Waals surface area contributed by atoms with E-state index in [4.69, 9.17) is 0 Å². The third kappa shape index (κ3) is 3.00. The van der Waals surface area contributed by atoms with Crippen molar-refractivity contribution in [1.82, 2.24) is 14.9 Å². The van der Waals surface area contributed by atoms with Gasteiger partial charge in [-0.3, -0.25) is 0 Å². The zero-order chi connectivity index (χ0) is 12.4. The standard InChI is InChI=1S/C14H16BrN3/c15-12-3-1-2-11(8-12)10-18-7-6-16-14(18)9-17-13-4-5-13/h1-3,6-8,13,17H,4-5,9-10H2. The van der Waals surface area contributed by atoms with Crippen LogP contribution in [0.15, 0.2) is 41.1 Å². The number of nitrogens with zero attached hydrogens (tertiary/aromatic N) is 2. The predicted molar refractivity (Wildman–Crippen MR) is 75.3 cm³/mol. The van der Waals surface area contributed by atoms with Gasteiger partial charge in [-0.05, 0) is 30.5 Å². The number of benzene rings is 1. The summed E-state index contributed by atoms with van der Waals surface area (Å²) in [6.07, 6.45) is 6.55. The molecule has 3 rings (SSSR count). The van der Waals surface area contributed by atoms with E-state index in [1.54, 1.807) is 0 Å². The summed E-state index contributed by atoms with van der Waals surface area (Å²) < 4.78 is 3.33. The summed E-state index contributed by atoms with van der Waals surface area (Å²) in [6, 6.07) is 9.13. The molecule has 1 aliphatic rings. The summed E-state index contributed by atoms with van der Waals surface area (Å²) in [4.78, 5) is 4.42. The molecule has 0 atom stereocenters. The minimum atomic E-state index is 0.723. The summed E-state index contributed by atoms with van der Waals surface area (Å²) in [6.45, 7) is 1.74. The zero-order valence-corrected chi connectivity index (χ0v) is 11.7. The van der Waals surface area contributed by atoms with Crippen molar-refractivity contribution in [1.29, 1.82) is 0 Å². The van der Waals surface area contributed by atoms with Gasteiger partial charge in [-0.25, -0.2) is 4.98 Å². The fourth-order valence-corrected chi connectivity index (χ4v) is 2.45. The smallest absolute Gasteiger partial charge is 0.122 e. The second-order valence-electron chi connectivity index (χ2n) is 4.76. The molecule has 3 nitrogen and oxygen atoms in total. The number of halogens is 1. The molecule has 4 heteroatoms. The normalized spacial score (nSPS) is 14.9. The fourth-order valence-electron chi connectivity index (χ4n) is 2.01. The molecule has 0 radical (unpaired) electrons. The Morgan fingerprint density at radius 2 is 2.28 bits per heavy atom. The van der Waals surface area contributed by atoms with Gasteiger partial charge in [0.25, 0.3) is 0 Å². The molecule has 1 aromatic carbocycles. The van der Waals surface area contributed by atoms with E-state index < -0.39 is 0 Å². The molecule has 0 unspecified atom stereocenters. The molecule has 1 saturated carbocycles. The lowest BCUT2D eigenvalue weighted by Crippen LogP contribution is -2.19. The molecular formula is C14H16BrN3. The quantitative estimate of drug-likeness (QED) is 0.920. The highest BCUT2D eigenvalue weighted by Crippen LogP contribution is 2.19. The summed E-state index contributed by atoms with van der Waals surface area (Å²) in [5.41, 5.74) is 1.29. The monoisotopic (exact) mass is 305 g/mol. The first-order valence-electron chi connectivity index (χ1n) is 6.29. The Morgan fingerprint density at radius 1 is 1.39 bits per heavy atom. The van der Waals surface area contributed by atoms with E-state index >= 15 is 0 Å². The average Bonchev–Trinajstić information content (AvgIpc) is 3.08. The van der Waals surface area contributed by atoms with Crippen LogP contribution in [-0.4, -0.2) is 15.6 Å². The lowest BCUT2D eigenvalue weighted by Gasteiger charge is -2.09. The van der Waals surface area contributed by atoms with Crippen LogP contribution in [0.3, 0.4) is 0 Å². The summed E-state index contributed by atoms with van der Waals surface area (Å²) >= 11 is 3.51. The zero-order valence-electron chi connectivity index (χ0n) is 10.1. The Balaban J connectivity index is 1.69. The van der Waals surface area contributed by atoms with Crippen LogP contribution in [0.1, 0.15) is 24.2 Å². The number of hydrogen-bond donors (Lipinski definition) is 1. The van der Waals surface area contributed by atoms with E-state index in [1.165, 1.54) is 18.4 Å². The maximum Gasteiger partial charge on any atom is 0.122 e. The number of aromatic nitrogens is 2. The van der Waals surface area contributed by atoms with Crippen molar-refractivity contribution in [3.05, 3.63) is 52.5 Å². The van der Waals surface area contributed by atoms with Crippen LogP contribution in [-0.2, 0) is 13.1 Å². The van der Waals surface area contributed by atoms with Gasteiger partial charge in [0.1, 0.15) is 5.82 Å². The molecule has 1 aliphatic carbocycles. The molecule has 0 bridgehead atoms. The topological polar surface area (TPSA) is 29.9 Å². The van der Waals surface area contributed by atoms with Crippen molar-refractivity contribution in [2.45, 2.75) is 32.0 Å². The third-order valence-electron chi connectivity index (χ3n) is 3.17. The number of rotatable bonds is 5. The van der Waals surface area contributed by atoms with Crippen LogP contribution in [0.2, 0.25) is 0 Å². The second kappa shape index (κ2) is 5.24. The van der Waals surface area contributed by atoms with Crippen molar-refractivity contribution < 1.29 is 0 Å². The first-order chi connectivity index (χ1) is 8.81. The van der Waals surface area contributed by atoms with Gasteiger partial charge in [0.2, 0.25) is 0 Å². The number of imidazole rings is 1. The van der Waals surface area contributed by atoms with Crippen LogP contribution in [0.5, 0.6) is 0 Å². The molecule has 0 aliphatic heterocycles. The Morgan fingerprint density at radius 3 is 3.06 bits per heavy atom. The van der Waals surface area contributed by atoms with Crippen molar-refractivity contribution in [3.63, 3.8) is 0 Å². The highest BCUT2D eigenvalue weighted by molar-refractivity contribution is 9.10. The Bertz CT molecular complexity index is 531. The first kappa shape index (κ1) is 11.9. The van der Waals surface area contributed by atoms with Crippen LogP contribution in [0.25, 0.3) is 0 Å². The van der Waals surface area contributed by atoms with Crippen LogP contribution in [0.4, 0.5) is 0 Å². The molecule has 0 spiro atoms. The molecule has 1 heterocycles. The molecule has 18 heavy (non-hydrogen) atoms. The van der Waals surface area contributed by atoms with E-state index in [0.29, 0.717) is 0 Å². The SMILES string of the molecule is Brc1cccc(Cn2ccnc2CNC2CC2)c1. The molecule has 1 N–H and O–H groups in total. The molecule has 1 aromatic heterocycles. The minimum absolute atomic E-state index is 0.723. The first-order valence-corrected chi connectivity index (χ1v) is 7.08. The predicted octanol–water partition coefficient (Wildman–Crippen LogP) is 2.95. The van der Waals surface area contributed by atoms with E-state index in [9.17, 15) is 0 Å². The highest BCUT2D eigenvalue weighted by Gasteiger charge is 2.20. The van der Waals surface area contributed by atoms with Gasteiger partial charge in [-0.2, -0.15) is 0 Å². The Kier molecular flexibility index (Phi) is 3.48. The molecule has 94 valence electrons. The molecule has 1 fully saturated rings. The Hall–Kier alpha value is -1.13. The van der Waals surface area contributed by atoms with Crippen LogP contribution < -0.4 is 5.32 Å². The van der Waals surface area contributed by atoms with Gasteiger partial charge in [0.15, 0.2) is 0 Å². The van der Waals surface area contributed by atoms with Crippen molar-refractivity contribution in [3.8, 4) is 0 Å². The van der Waals surface area contributed by atoms with Crippen molar-refractivity contribution >= 4 is 15.9 Å². The maximum atomic E-state index is 4.42. The van der Waals surface area contributed by atoms with Gasteiger partial charge in [0, 0.05) is 29.5 Å². The molecule has 0 saturated heterocycles. The van der Waals surface area contributed by atoms with E-state index in [-0.39, 0.29) is 0 Å².